The number of hydrogen-bond donors (Lipinski definition) is 2. The second-order valence-electron chi connectivity index (χ2n) is 6.92. The molecule has 0 radical (unpaired) electrons. The molecule has 0 fully saturated rings. The zero-order chi connectivity index (χ0) is 20.8. The SMILES string of the molecule is COc1cccc(F)c1C(C)NC(=O)[C@@H](N)Cc1cn(Cc2ccccc2)cn1.Cl.Cl. The Kier molecular flexibility index (Phi) is 10.5. The molecular weight excluding hydrogens is 442 g/mol. The summed E-state index contributed by atoms with van der Waals surface area (Å²) in [6.45, 7) is 2.39. The van der Waals surface area contributed by atoms with Crippen molar-refractivity contribution in [1.82, 2.24) is 14.9 Å². The lowest BCUT2D eigenvalue weighted by Crippen LogP contribution is -2.43. The quantitative estimate of drug-likeness (QED) is 0.528. The summed E-state index contributed by atoms with van der Waals surface area (Å²) in [5, 5.41) is 2.76. The highest BCUT2D eigenvalue weighted by Crippen LogP contribution is 2.27. The van der Waals surface area contributed by atoms with E-state index in [0.717, 1.165) is 11.3 Å². The van der Waals surface area contributed by atoms with Crippen LogP contribution < -0.4 is 15.8 Å². The van der Waals surface area contributed by atoms with Crippen molar-refractivity contribution >= 4 is 30.7 Å². The van der Waals surface area contributed by atoms with Crippen LogP contribution in [0.2, 0.25) is 0 Å². The van der Waals surface area contributed by atoms with Crippen molar-refractivity contribution in [2.24, 2.45) is 5.73 Å². The zero-order valence-electron chi connectivity index (χ0n) is 17.3. The molecule has 2 aromatic carbocycles. The molecule has 3 N–H and O–H groups in total. The van der Waals surface area contributed by atoms with Crippen molar-refractivity contribution in [3.05, 3.63) is 83.7 Å². The van der Waals surface area contributed by atoms with Crippen LogP contribution in [0.25, 0.3) is 0 Å². The lowest BCUT2D eigenvalue weighted by Gasteiger charge is -2.20. The molecule has 1 heterocycles. The predicted octanol–water partition coefficient (Wildman–Crippen LogP) is 3.67. The summed E-state index contributed by atoms with van der Waals surface area (Å²) in [5.41, 5.74) is 8.23. The Bertz CT molecular complexity index is 969. The number of carbonyl (C=O) groups excluding carboxylic acids is 1. The summed E-state index contributed by atoms with van der Waals surface area (Å²) in [6.07, 6.45) is 3.89. The van der Waals surface area contributed by atoms with Gasteiger partial charge in [-0.25, -0.2) is 9.37 Å². The van der Waals surface area contributed by atoms with Crippen LogP contribution in [0.3, 0.4) is 0 Å². The summed E-state index contributed by atoms with van der Waals surface area (Å²) < 4.78 is 21.3. The first kappa shape index (κ1) is 26.4. The number of aromatic nitrogens is 2. The molecule has 168 valence electrons. The van der Waals surface area contributed by atoms with E-state index < -0.39 is 17.9 Å². The van der Waals surface area contributed by atoms with Gasteiger partial charge in [-0.3, -0.25) is 4.79 Å². The third-order valence-electron chi connectivity index (χ3n) is 4.69. The van der Waals surface area contributed by atoms with E-state index in [1.165, 1.54) is 13.2 Å². The van der Waals surface area contributed by atoms with Crippen LogP contribution in [0.5, 0.6) is 5.75 Å². The number of imidazole rings is 1. The van der Waals surface area contributed by atoms with Crippen molar-refractivity contribution in [2.45, 2.75) is 32.0 Å². The van der Waals surface area contributed by atoms with Gasteiger partial charge < -0.3 is 20.4 Å². The van der Waals surface area contributed by atoms with Gasteiger partial charge in [-0.15, -0.1) is 24.8 Å². The molecule has 0 aliphatic heterocycles. The second-order valence-corrected chi connectivity index (χ2v) is 6.92. The lowest BCUT2D eigenvalue weighted by atomic mass is 10.1. The molecule has 2 atom stereocenters. The van der Waals surface area contributed by atoms with E-state index in [2.05, 4.69) is 10.3 Å². The number of nitrogens with one attached hydrogen (secondary N) is 1. The first-order chi connectivity index (χ1) is 14.0. The van der Waals surface area contributed by atoms with Crippen molar-refractivity contribution in [2.75, 3.05) is 7.11 Å². The van der Waals surface area contributed by atoms with E-state index in [-0.39, 0.29) is 37.1 Å². The number of benzene rings is 2. The minimum absolute atomic E-state index is 0. The first-order valence-corrected chi connectivity index (χ1v) is 9.41. The molecule has 0 aliphatic rings. The molecule has 0 saturated carbocycles. The Hall–Kier alpha value is -2.61. The third kappa shape index (κ3) is 6.95. The highest BCUT2D eigenvalue weighted by Gasteiger charge is 2.22. The number of ether oxygens (including phenoxy) is 1. The van der Waals surface area contributed by atoms with Crippen molar-refractivity contribution < 1.29 is 13.9 Å². The van der Waals surface area contributed by atoms with E-state index in [1.54, 1.807) is 25.4 Å². The molecule has 6 nitrogen and oxygen atoms in total. The number of nitrogens with two attached hydrogens (primary N) is 1. The maximum Gasteiger partial charge on any atom is 0.237 e. The minimum atomic E-state index is -0.796. The fourth-order valence-electron chi connectivity index (χ4n) is 3.22. The molecular formula is C22H27Cl2FN4O2. The van der Waals surface area contributed by atoms with E-state index in [0.29, 0.717) is 17.9 Å². The van der Waals surface area contributed by atoms with E-state index in [1.807, 2.05) is 41.1 Å². The Morgan fingerprint density at radius 2 is 1.90 bits per heavy atom. The maximum atomic E-state index is 14.2. The van der Waals surface area contributed by atoms with Gasteiger partial charge in [-0.2, -0.15) is 0 Å². The molecule has 1 unspecified atom stereocenters. The molecule has 0 bridgehead atoms. The van der Waals surface area contributed by atoms with E-state index >= 15 is 0 Å². The fraction of sp³-hybridized carbons (Fsp3) is 0.273. The van der Waals surface area contributed by atoms with E-state index in [4.69, 9.17) is 10.5 Å². The van der Waals surface area contributed by atoms with Crippen molar-refractivity contribution in [3.63, 3.8) is 0 Å². The van der Waals surface area contributed by atoms with Crippen LogP contribution in [0.1, 0.15) is 29.8 Å². The standard InChI is InChI=1S/C22H25FN4O2.2ClH/c1-15(21-18(23)9-6-10-20(21)29-2)26-22(28)19(24)11-17-13-27(14-25-17)12-16-7-4-3-5-8-16;;/h3-10,13-15,19H,11-12,24H2,1-2H3,(H,26,28);2*1H/t15?,19-;;/m0../s1. The van der Waals surface area contributed by atoms with Gasteiger partial charge in [0.15, 0.2) is 0 Å². The van der Waals surface area contributed by atoms with Crippen LogP contribution in [0.15, 0.2) is 61.1 Å². The van der Waals surface area contributed by atoms with Crippen LogP contribution >= 0.6 is 24.8 Å². The molecule has 0 saturated heterocycles. The number of hydrogen-bond acceptors (Lipinski definition) is 4. The summed E-state index contributed by atoms with van der Waals surface area (Å²) >= 11 is 0. The molecule has 9 heteroatoms. The van der Waals surface area contributed by atoms with Crippen LogP contribution in [-0.4, -0.2) is 28.6 Å². The Morgan fingerprint density at radius 3 is 2.58 bits per heavy atom. The minimum Gasteiger partial charge on any atom is -0.496 e. The fourth-order valence-corrected chi connectivity index (χ4v) is 3.22. The van der Waals surface area contributed by atoms with Gasteiger partial charge in [0, 0.05) is 19.2 Å². The molecule has 3 aromatic rings. The van der Waals surface area contributed by atoms with Crippen LogP contribution in [0, 0.1) is 5.82 Å². The molecule has 1 amide bonds. The predicted molar refractivity (Wildman–Crippen MR) is 123 cm³/mol. The second kappa shape index (κ2) is 12.3. The van der Waals surface area contributed by atoms with Crippen molar-refractivity contribution in [1.29, 1.82) is 0 Å². The number of carbonyl (C=O) groups is 1. The monoisotopic (exact) mass is 468 g/mol. The lowest BCUT2D eigenvalue weighted by molar-refractivity contribution is -0.123. The average molecular weight is 469 g/mol. The summed E-state index contributed by atoms with van der Waals surface area (Å²) in [4.78, 5) is 16.8. The van der Waals surface area contributed by atoms with E-state index in [9.17, 15) is 9.18 Å². The first-order valence-electron chi connectivity index (χ1n) is 9.41. The van der Waals surface area contributed by atoms with Gasteiger partial charge in [-0.05, 0) is 24.6 Å². The highest BCUT2D eigenvalue weighted by molar-refractivity contribution is 5.85. The molecule has 0 spiro atoms. The average Bonchev–Trinajstić information content (AvgIpc) is 3.14. The molecule has 1 aromatic heterocycles. The smallest absolute Gasteiger partial charge is 0.237 e. The van der Waals surface area contributed by atoms with Gasteiger partial charge in [0.1, 0.15) is 11.6 Å². The number of nitrogens with zero attached hydrogens (tertiary/aromatic N) is 2. The topological polar surface area (TPSA) is 82.2 Å². The van der Waals surface area contributed by atoms with Gasteiger partial charge in [0.25, 0.3) is 0 Å². The Labute approximate surface area is 193 Å². The number of amides is 1. The summed E-state index contributed by atoms with van der Waals surface area (Å²) in [6, 6.07) is 13.2. The van der Waals surface area contributed by atoms with Crippen molar-refractivity contribution in [3.8, 4) is 5.75 Å². The van der Waals surface area contributed by atoms with Gasteiger partial charge >= 0.3 is 0 Å². The highest BCUT2D eigenvalue weighted by atomic mass is 35.5. The van der Waals surface area contributed by atoms with Gasteiger partial charge in [0.05, 0.1) is 36.8 Å². The number of methoxy groups -OCH3 is 1. The van der Waals surface area contributed by atoms with Crippen LogP contribution in [0.4, 0.5) is 4.39 Å². The van der Waals surface area contributed by atoms with Gasteiger partial charge in [0.2, 0.25) is 5.91 Å². The summed E-state index contributed by atoms with van der Waals surface area (Å²) in [7, 11) is 1.46. The maximum absolute atomic E-state index is 14.2. The molecule has 0 aliphatic carbocycles. The Balaban J connectivity index is 0.00000240. The number of halogens is 3. The number of rotatable bonds is 8. The summed E-state index contributed by atoms with van der Waals surface area (Å²) in [5.74, 6) is -0.434. The largest absolute Gasteiger partial charge is 0.496 e. The molecule has 3 rings (SSSR count). The van der Waals surface area contributed by atoms with Crippen LogP contribution in [-0.2, 0) is 17.8 Å². The van der Waals surface area contributed by atoms with Gasteiger partial charge in [-0.1, -0.05) is 36.4 Å². The third-order valence-corrected chi connectivity index (χ3v) is 4.69. The normalized spacial score (nSPS) is 12.1. The zero-order valence-corrected chi connectivity index (χ0v) is 19.0. The molecule has 31 heavy (non-hydrogen) atoms. The Morgan fingerprint density at radius 1 is 1.19 bits per heavy atom.